The van der Waals surface area contributed by atoms with Gasteiger partial charge < -0.3 is 4.74 Å². The highest BCUT2D eigenvalue weighted by atomic mass is 35.5. The molecule has 0 amide bonds. The second kappa shape index (κ2) is 5.91. The van der Waals surface area contributed by atoms with E-state index in [0.29, 0.717) is 5.88 Å². The standard InChI is InChI=1S/C14H22ClNOS/c1-4-12-5-6-13(18-12)9-16-8-11(7-15)17-14(2,3)10-16/h5-6,11H,4,7-10H2,1-3H3. The van der Waals surface area contributed by atoms with Crippen molar-refractivity contribution in [2.45, 2.75) is 45.4 Å². The summed E-state index contributed by atoms with van der Waals surface area (Å²) in [7, 11) is 0. The lowest BCUT2D eigenvalue weighted by Crippen LogP contribution is -2.52. The van der Waals surface area contributed by atoms with Gasteiger partial charge in [0, 0.05) is 35.3 Å². The van der Waals surface area contributed by atoms with E-state index < -0.39 is 0 Å². The minimum Gasteiger partial charge on any atom is -0.368 e. The van der Waals surface area contributed by atoms with Gasteiger partial charge >= 0.3 is 0 Å². The molecule has 1 aromatic heterocycles. The van der Waals surface area contributed by atoms with Crippen LogP contribution < -0.4 is 0 Å². The molecule has 1 fully saturated rings. The van der Waals surface area contributed by atoms with Crippen LogP contribution in [-0.4, -0.2) is 35.6 Å². The number of rotatable bonds is 4. The molecule has 0 aromatic carbocycles. The number of aryl methyl sites for hydroxylation is 1. The van der Waals surface area contributed by atoms with Crippen LogP contribution in [0, 0.1) is 0 Å². The maximum atomic E-state index is 5.95. The minimum atomic E-state index is -0.0946. The third-order valence-corrected chi connectivity index (χ3v) is 4.73. The number of nitrogens with zero attached hydrogens (tertiary/aromatic N) is 1. The quantitative estimate of drug-likeness (QED) is 0.786. The predicted octanol–water partition coefficient (Wildman–Crippen LogP) is 3.53. The molecule has 102 valence electrons. The molecule has 1 unspecified atom stereocenters. The molecule has 2 nitrogen and oxygen atoms in total. The second-order valence-corrected chi connectivity index (χ2v) is 7.11. The van der Waals surface area contributed by atoms with Gasteiger partial charge in [-0.3, -0.25) is 4.90 Å². The lowest BCUT2D eigenvalue weighted by molar-refractivity contribution is -0.129. The Morgan fingerprint density at radius 1 is 1.44 bits per heavy atom. The largest absolute Gasteiger partial charge is 0.368 e. The fraction of sp³-hybridized carbons (Fsp3) is 0.714. The van der Waals surface area contributed by atoms with Crippen LogP contribution in [0.5, 0.6) is 0 Å². The number of hydrogen-bond donors (Lipinski definition) is 0. The molecule has 1 atom stereocenters. The third kappa shape index (κ3) is 3.70. The number of hydrogen-bond acceptors (Lipinski definition) is 3. The van der Waals surface area contributed by atoms with Crippen LogP contribution in [0.15, 0.2) is 12.1 Å². The van der Waals surface area contributed by atoms with Crippen molar-refractivity contribution in [3.63, 3.8) is 0 Å². The van der Waals surface area contributed by atoms with Gasteiger partial charge in [-0.05, 0) is 32.4 Å². The van der Waals surface area contributed by atoms with Crippen molar-refractivity contribution in [2.24, 2.45) is 0 Å². The minimum absolute atomic E-state index is 0.0946. The topological polar surface area (TPSA) is 12.5 Å². The Balaban J connectivity index is 1.99. The molecule has 0 spiro atoms. The molecule has 0 aliphatic carbocycles. The summed E-state index contributed by atoms with van der Waals surface area (Å²) in [5, 5.41) is 0. The number of alkyl halides is 1. The Morgan fingerprint density at radius 2 is 2.17 bits per heavy atom. The molecule has 1 aliphatic rings. The Bertz CT molecular complexity index is 391. The van der Waals surface area contributed by atoms with E-state index in [1.54, 1.807) is 0 Å². The molecule has 0 radical (unpaired) electrons. The molecule has 1 aliphatic heterocycles. The highest BCUT2D eigenvalue weighted by molar-refractivity contribution is 7.11. The molecule has 18 heavy (non-hydrogen) atoms. The number of ether oxygens (including phenoxy) is 1. The lowest BCUT2D eigenvalue weighted by atomic mass is 10.1. The van der Waals surface area contributed by atoms with Gasteiger partial charge in [-0.15, -0.1) is 22.9 Å². The van der Waals surface area contributed by atoms with Crippen molar-refractivity contribution in [3.05, 3.63) is 21.9 Å². The first kappa shape index (κ1) is 14.3. The summed E-state index contributed by atoms with van der Waals surface area (Å²) < 4.78 is 5.95. The predicted molar refractivity (Wildman–Crippen MR) is 78.6 cm³/mol. The lowest BCUT2D eigenvalue weighted by Gasteiger charge is -2.42. The monoisotopic (exact) mass is 287 g/mol. The Kier molecular flexibility index (Phi) is 4.70. The van der Waals surface area contributed by atoms with Gasteiger partial charge in [0.1, 0.15) is 0 Å². The van der Waals surface area contributed by atoms with Crippen molar-refractivity contribution < 1.29 is 4.74 Å². The zero-order valence-corrected chi connectivity index (χ0v) is 13.0. The Labute approximate surface area is 119 Å². The highest BCUT2D eigenvalue weighted by Gasteiger charge is 2.32. The first-order valence-electron chi connectivity index (χ1n) is 6.56. The average molecular weight is 288 g/mol. The summed E-state index contributed by atoms with van der Waals surface area (Å²) in [5.74, 6) is 0.574. The fourth-order valence-electron chi connectivity index (χ4n) is 2.54. The fourth-order valence-corrected chi connectivity index (χ4v) is 3.70. The first-order valence-corrected chi connectivity index (χ1v) is 7.91. The van der Waals surface area contributed by atoms with Crippen molar-refractivity contribution in [1.29, 1.82) is 0 Å². The summed E-state index contributed by atoms with van der Waals surface area (Å²) in [4.78, 5) is 5.37. The van der Waals surface area contributed by atoms with E-state index in [9.17, 15) is 0 Å². The van der Waals surface area contributed by atoms with E-state index in [4.69, 9.17) is 16.3 Å². The van der Waals surface area contributed by atoms with Crippen LogP contribution in [0.2, 0.25) is 0 Å². The van der Waals surface area contributed by atoms with E-state index in [1.165, 1.54) is 9.75 Å². The Morgan fingerprint density at radius 3 is 2.78 bits per heavy atom. The van der Waals surface area contributed by atoms with Gasteiger partial charge in [0.25, 0.3) is 0 Å². The van der Waals surface area contributed by atoms with Crippen molar-refractivity contribution in [1.82, 2.24) is 4.90 Å². The van der Waals surface area contributed by atoms with Gasteiger partial charge in [-0.2, -0.15) is 0 Å². The molecular weight excluding hydrogens is 266 g/mol. The number of morpholine rings is 1. The summed E-state index contributed by atoms with van der Waals surface area (Å²) in [6.45, 7) is 9.42. The maximum absolute atomic E-state index is 5.95. The first-order chi connectivity index (χ1) is 8.52. The zero-order valence-electron chi connectivity index (χ0n) is 11.4. The summed E-state index contributed by atoms with van der Waals surface area (Å²) >= 11 is 7.87. The molecule has 1 saturated heterocycles. The summed E-state index contributed by atoms with van der Waals surface area (Å²) in [6.07, 6.45) is 1.28. The van der Waals surface area contributed by atoms with E-state index in [1.807, 2.05) is 11.3 Å². The van der Waals surface area contributed by atoms with Gasteiger partial charge in [0.15, 0.2) is 0 Å². The van der Waals surface area contributed by atoms with E-state index >= 15 is 0 Å². The molecule has 0 saturated carbocycles. The third-order valence-electron chi connectivity index (χ3n) is 3.17. The van der Waals surface area contributed by atoms with Crippen molar-refractivity contribution in [3.8, 4) is 0 Å². The second-order valence-electron chi connectivity index (χ2n) is 5.55. The smallest absolute Gasteiger partial charge is 0.0845 e. The van der Waals surface area contributed by atoms with Gasteiger partial charge in [-0.1, -0.05) is 6.92 Å². The van der Waals surface area contributed by atoms with Gasteiger partial charge in [-0.25, -0.2) is 0 Å². The highest BCUT2D eigenvalue weighted by Crippen LogP contribution is 2.25. The summed E-state index contributed by atoms with van der Waals surface area (Å²) in [6, 6.07) is 4.49. The molecular formula is C14H22ClNOS. The van der Waals surface area contributed by atoms with Gasteiger partial charge in [0.2, 0.25) is 0 Å². The molecule has 2 rings (SSSR count). The molecule has 0 bridgehead atoms. The zero-order chi connectivity index (χ0) is 13.2. The van der Waals surface area contributed by atoms with Gasteiger partial charge in [0.05, 0.1) is 11.7 Å². The van der Waals surface area contributed by atoms with Crippen LogP contribution >= 0.6 is 22.9 Å². The molecule has 2 heterocycles. The van der Waals surface area contributed by atoms with Crippen molar-refractivity contribution >= 4 is 22.9 Å². The van der Waals surface area contributed by atoms with Crippen molar-refractivity contribution in [2.75, 3.05) is 19.0 Å². The van der Waals surface area contributed by atoms with Crippen LogP contribution in [0.1, 0.15) is 30.5 Å². The Hall–Kier alpha value is -0.0900. The summed E-state index contributed by atoms with van der Waals surface area (Å²) in [5.41, 5.74) is -0.0946. The van der Waals surface area contributed by atoms with Crippen LogP contribution in [0.25, 0.3) is 0 Å². The van der Waals surface area contributed by atoms with E-state index in [2.05, 4.69) is 37.8 Å². The average Bonchev–Trinajstić information content (AvgIpc) is 2.74. The molecule has 1 aromatic rings. The molecule has 4 heteroatoms. The number of thiophene rings is 1. The normalized spacial score (nSPS) is 24.3. The van der Waals surface area contributed by atoms with E-state index in [0.717, 1.165) is 26.1 Å². The van der Waals surface area contributed by atoms with E-state index in [-0.39, 0.29) is 11.7 Å². The SMILES string of the molecule is CCc1ccc(CN2CC(CCl)OC(C)(C)C2)s1. The molecule has 0 N–H and O–H groups in total. The van der Waals surface area contributed by atoms with Crippen LogP contribution in [-0.2, 0) is 17.7 Å². The maximum Gasteiger partial charge on any atom is 0.0845 e. The van der Waals surface area contributed by atoms with Crippen LogP contribution in [0.4, 0.5) is 0 Å². The van der Waals surface area contributed by atoms with Crippen LogP contribution in [0.3, 0.4) is 0 Å². The number of halogens is 1.